The van der Waals surface area contributed by atoms with Crippen molar-refractivity contribution in [1.29, 1.82) is 0 Å². The zero-order valence-corrected chi connectivity index (χ0v) is 7.90. The first-order valence-corrected chi connectivity index (χ1v) is 3.79. The molecule has 1 aromatic rings. The Morgan fingerprint density at radius 1 is 1.42 bits per heavy atom. The molecule has 0 aliphatic carbocycles. The molecule has 0 spiro atoms. The van der Waals surface area contributed by atoms with E-state index in [1.54, 1.807) is 0 Å². The summed E-state index contributed by atoms with van der Waals surface area (Å²) in [7, 11) is 0. The Morgan fingerprint density at radius 2 is 2.08 bits per heavy atom. The van der Waals surface area contributed by atoms with Gasteiger partial charge in [0.05, 0.1) is 0 Å². The Balaban J connectivity index is 0.00000196. The van der Waals surface area contributed by atoms with Crippen LogP contribution in [0.25, 0.3) is 0 Å². The SMILES string of the molecule is Cl.[2H]C([2H])([2H])N[C@@H](C)Cc1ccccc1. The fourth-order valence-corrected chi connectivity index (χ4v) is 1.02. The van der Waals surface area contributed by atoms with E-state index >= 15 is 0 Å². The first kappa shape index (κ1) is 6.93. The van der Waals surface area contributed by atoms with Crippen LogP contribution < -0.4 is 5.32 Å². The molecule has 1 aromatic carbocycles. The molecule has 0 heterocycles. The minimum atomic E-state index is -2.05. The third-order valence-electron chi connectivity index (χ3n) is 1.63. The van der Waals surface area contributed by atoms with Gasteiger partial charge in [-0.15, -0.1) is 12.4 Å². The Kier molecular flexibility index (Phi) is 3.49. The molecule has 0 aromatic heterocycles. The molecular formula is C10H16ClN. The summed E-state index contributed by atoms with van der Waals surface area (Å²) >= 11 is 0. The molecule has 0 saturated heterocycles. The summed E-state index contributed by atoms with van der Waals surface area (Å²) < 4.78 is 21.2. The molecule has 0 bridgehead atoms. The van der Waals surface area contributed by atoms with Gasteiger partial charge < -0.3 is 5.32 Å². The number of hydrogen-bond donors (Lipinski definition) is 1. The van der Waals surface area contributed by atoms with E-state index in [9.17, 15) is 0 Å². The van der Waals surface area contributed by atoms with Crippen LogP contribution in [-0.2, 0) is 6.42 Å². The van der Waals surface area contributed by atoms with Crippen molar-refractivity contribution in [3.05, 3.63) is 35.9 Å². The summed E-state index contributed by atoms with van der Waals surface area (Å²) in [6.45, 7) is -0.173. The van der Waals surface area contributed by atoms with Crippen LogP contribution in [0.15, 0.2) is 30.3 Å². The van der Waals surface area contributed by atoms with E-state index in [0.717, 1.165) is 12.0 Å². The van der Waals surface area contributed by atoms with Gasteiger partial charge in [0.1, 0.15) is 0 Å². The zero-order chi connectivity index (χ0) is 10.6. The van der Waals surface area contributed by atoms with Gasteiger partial charge in [0, 0.05) is 10.2 Å². The number of likely N-dealkylation sites (N-methyl/N-ethyl adjacent to an activating group) is 1. The van der Waals surface area contributed by atoms with Gasteiger partial charge in [0.25, 0.3) is 0 Å². The topological polar surface area (TPSA) is 12.0 Å². The predicted molar refractivity (Wildman–Crippen MR) is 55.9 cm³/mol. The van der Waals surface area contributed by atoms with E-state index in [1.807, 2.05) is 37.3 Å². The molecule has 1 N–H and O–H groups in total. The van der Waals surface area contributed by atoms with Crippen molar-refractivity contribution in [2.45, 2.75) is 19.4 Å². The van der Waals surface area contributed by atoms with Crippen molar-refractivity contribution in [3.63, 3.8) is 0 Å². The van der Waals surface area contributed by atoms with Gasteiger partial charge in [-0.2, -0.15) is 0 Å². The third kappa shape index (κ3) is 3.74. The standard InChI is InChI=1S/C10H15N.ClH/c1-9(11-2)8-10-6-4-3-5-7-10;/h3-7,9,11H,8H2,1-2H3;1H/t9-;/m0./s1/i2D3;. The molecule has 0 aliphatic heterocycles. The van der Waals surface area contributed by atoms with Crippen LogP contribution in [0.1, 0.15) is 16.6 Å². The number of rotatable bonds is 3. The minimum Gasteiger partial charge on any atom is -0.317 e. The summed E-state index contributed by atoms with van der Waals surface area (Å²) in [5.41, 5.74) is 1.15. The maximum Gasteiger partial charge on any atom is 0.0391 e. The first-order chi connectivity index (χ1) is 6.47. The Labute approximate surface area is 84.8 Å². The average Bonchev–Trinajstić information content (AvgIpc) is 2.02. The number of nitrogens with one attached hydrogen (secondary N) is 1. The summed E-state index contributed by atoms with van der Waals surface area (Å²) in [5.74, 6) is 0. The smallest absolute Gasteiger partial charge is 0.0391 e. The van der Waals surface area contributed by atoms with Crippen LogP contribution in [0.2, 0.25) is 0 Å². The molecule has 68 valence electrons. The van der Waals surface area contributed by atoms with Crippen LogP contribution in [0.3, 0.4) is 0 Å². The lowest BCUT2D eigenvalue weighted by Gasteiger charge is -2.08. The molecule has 2 heteroatoms. The zero-order valence-electron chi connectivity index (χ0n) is 10.1. The van der Waals surface area contributed by atoms with Gasteiger partial charge in [-0.05, 0) is 25.9 Å². The number of halogens is 1. The summed E-state index contributed by atoms with van der Waals surface area (Å²) in [6, 6.07) is 9.82. The van der Waals surface area contributed by atoms with Crippen LogP contribution in [0.5, 0.6) is 0 Å². The van der Waals surface area contributed by atoms with E-state index in [2.05, 4.69) is 5.32 Å². The second-order valence-electron chi connectivity index (χ2n) is 2.74. The largest absolute Gasteiger partial charge is 0.317 e. The molecule has 0 unspecified atom stereocenters. The minimum absolute atomic E-state index is 0. The second-order valence-corrected chi connectivity index (χ2v) is 2.74. The quantitative estimate of drug-likeness (QED) is 0.768. The molecule has 0 saturated carbocycles. The number of hydrogen-bond acceptors (Lipinski definition) is 1. The van der Waals surface area contributed by atoms with Crippen molar-refractivity contribution in [3.8, 4) is 0 Å². The Bertz CT molecular complexity index is 274. The molecule has 1 nitrogen and oxygen atoms in total. The van der Waals surface area contributed by atoms with E-state index in [1.165, 1.54) is 0 Å². The number of benzene rings is 1. The molecule has 0 radical (unpaired) electrons. The van der Waals surface area contributed by atoms with Crippen LogP contribution in [-0.4, -0.2) is 13.0 Å². The molecule has 1 atom stereocenters. The highest BCUT2D eigenvalue weighted by atomic mass is 35.5. The lowest BCUT2D eigenvalue weighted by molar-refractivity contribution is 0.608. The van der Waals surface area contributed by atoms with Gasteiger partial charge in [0.15, 0.2) is 0 Å². The average molecular weight is 189 g/mol. The fourth-order valence-electron chi connectivity index (χ4n) is 1.02. The van der Waals surface area contributed by atoms with Gasteiger partial charge in [-0.25, -0.2) is 0 Å². The highest BCUT2D eigenvalue weighted by Crippen LogP contribution is 2.01. The molecule has 1 rings (SSSR count). The maximum atomic E-state index is 7.05. The second kappa shape index (κ2) is 6.04. The molecule has 0 amide bonds. The van der Waals surface area contributed by atoms with E-state index in [0.29, 0.717) is 0 Å². The molecule has 0 fully saturated rings. The first-order valence-electron chi connectivity index (χ1n) is 5.29. The Morgan fingerprint density at radius 3 is 2.67 bits per heavy atom. The summed E-state index contributed by atoms with van der Waals surface area (Å²) in [4.78, 5) is 0. The van der Waals surface area contributed by atoms with Crippen molar-refractivity contribution < 1.29 is 4.11 Å². The highest BCUT2D eigenvalue weighted by Gasteiger charge is 1.97. The van der Waals surface area contributed by atoms with E-state index in [4.69, 9.17) is 4.11 Å². The summed E-state index contributed by atoms with van der Waals surface area (Å²) in [5, 5.41) is 2.57. The normalized spacial score (nSPS) is 16.6. The van der Waals surface area contributed by atoms with Gasteiger partial charge in [-0.1, -0.05) is 30.3 Å². The highest BCUT2D eigenvalue weighted by molar-refractivity contribution is 5.85. The van der Waals surface area contributed by atoms with Crippen LogP contribution in [0, 0.1) is 0 Å². The van der Waals surface area contributed by atoms with Crippen molar-refractivity contribution >= 4 is 12.4 Å². The van der Waals surface area contributed by atoms with E-state index < -0.39 is 6.98 Å². The van der Waals surface area contributed by atoms with Crippen molar-refractivity contribution in [1.82, 2.24) is 5.32 Å². The summed E-state index contributed by atoms with van der Waals surface area (Å²) in [6.07, 6.45) is 0.735. The van der Waals surface area contributed by atoms with Crippen molar-refractivity contribution in [2.24, 2.45) is 0 Å². The Hall–Kier alpha value is -0.530. The maximum absolute atomic E-state index is 7.05. The molecule has 12 heavy (non-hydrogen) atoms. The lowest BCUT2D eigenvalue weighted by Crippen LogP contribution is -2.23. The third-order valence-corrected chi connectivity index (χ3v) is 1.63. The molecular weight excluding hydrogens is 170 g/mol. The lowest BCUT2D eigenvalue weighted by atomic mass is 10.1. The monoisotopic (exact) mass is 188 g/mol. The fraction of sp³-hybridized carbons (Fsp3) is 0.400. The van der Waals surface area contributed by atoms with Gasteiger partial charge in [-0.3, -0.25) is 0 Å². The predicted octanol–water partition coefficient (Wildman–Crippen LogP) is 2.26. The van der Waals surface area contributed by atoms with Gasteiger partial charge in [0.2, 0.25) is 0 Å². The van der Waals surface area contributed by atoms with Crippen LogP contribution in [0.4, 0.5) is 0 Å². The van der Waals surface area contributed by atoms with Gasteiger partial charge >= 0.3 is 0 Å². The van der Waals surface area contributed by atoms with Crippen LogP contribution >= 0.6 is 12.4 Å². The van der Waals surface area contributed by atoms with E-state index in [-0.39, 0.29) is 18.4 Å². The molecule has 0 aliphatic rings. The van der Waals surface area contributed by atoms with Crippen molar-refractivity contribution in [2.75, 3.05) is 6.98 Å².